The zero-order valence-corrected chi connectivity index (χ0v) is 10.6. The van der Waals surface area contributed by atoms with Crippen molar-refractivity contribution in [2.75, 3.05) is 12.8 Å². The topological polar surface area (TPSA) is 65.2 Å². The van der Waals surface area contributed by atoms with Crippen LogP contribution in [0.3, 0.4) is 0 Å². The van der Waals surface area contributed by atoms with E-state index in [0.29, 0.717) is 11.4 Å². The molecule has 0 aliphatic rings. The van der Waals surface area contributed by atoms with Crippen LogP contribution in [-0.4, -0.2) is 18.1 Å². The van der Waals surface area contributed by atoms with E-state index in [2.05, 4.69) is 9.72 Å². The molecule has 92 valence electrons. The van der Waals surface area contributed by atoms with Crippen molar-refractivity contribution in [2.45, 2.75) is 9.79 Å². The average molecular weight is 260 g/mol. The van der Waals surface area contributed by atoms with Crippen LogP contribution >= 0.6 is 11.8 Å². The molecule has 18 heavy (non-hydrogen) atoms. The predicted octanol–water partition coefficient (Wildman–Crippen LogP) is 2.60. The van der Waals surface area contributed by atoms with E-state index in [-0.39, 0.29) is 5.97 Å². The number of ether oxygens (including phenoxy) is 1. The molecule has 0 unspecified atom stereocenters. The summed E-state index contributed by atoms with van der Waals surface area (Å²) in [5.74, 6) is 0.159. The Morgan fingerprint density at radius 2 is 2.00 bits per heavy atom. The van der Waals surface area contributed by atoms with Gasteiger partial charge in [-0.2, -0.15) is 0 Å². The second-order valence-electron chi connectivity index (χ2n) is 3.50. The number of methoxy groups -OCH3 is 1. The van der Waals surface area contributed by atoms with Crippen molar-refractivity contribution in [3.8, 4) is 0 Å². The molecule has 1 aromatic heterocycles. The number of carbonyl (C=O) groups excluding carboxylic acids is 1. The highest BCUT2D eigenvalue weighted by atomic mass is 32.2. The number of aromatic nitrogens is 1. The van der Waals surface area contributed by atoms with Gasteiger partial charge in [0.05, 0.1) is 17.6 Å². The molecule has 0 aliphatic heterocycles. The fourth-order valence-electron chi connectivity index (χ4n) is 1.39. The molecule has 0 spiro atoms. The number of nitrogens with two attached hydrogens (primary N) is 1. The number of carbonyl (C=O) groups is 1. The maximum Gasteiger partial charge on any atom is 0.337 e. The number of anilines is 1. The van der Waals surface area contributed by atoms with Crippen molar-refractivity contribution in [3.05, 3.63) is 48.2 Å². The molecular weight excluding hydrogens is 248 g/mol. The minimum absolute atomic E-state index is 0.340. The van der Waals surface area contributed by atoms with E-state index in [1.807, 2.05) is 24.3 Å². The van der Waals surface area contributed by atoms with Gasteiger partial charge in [0.2, 0.25) is 0 Å². The standard InChI is InChI=1S/C13H12N2O2S/c1-17-13(16)9-4-6-10(7-5-9)18-11-3-2-8-15-12(11)14/h2-8H,1H3,(H2,14,15). The minimum atomic E-state index is -0.340. The fourth-order valence-corrected chi connectivity index (χ4v) is 2.22. The summed E-state index contributed by atoms with van der Waals surface area (Å²) in [6.07, 6.45) is 1.65. The number of hydrogen-bond donors (Lipinski definition) is 1. The first-order valence-corrected chi connectivity index (χ1v) is 6.09. The molecule has 0 atom stereocenters. The van der Waals surface area contributed by atoms with Crippen LogP contribution in [0, 0.1) is 0 Å². The van der Waals surface area contributed by atoms with Crippen LogP contribution in [0.5, 0.6) is 0 Å². The van der Waals surface area contributed by atoms with Crippen LogP contribution in [0.4, 0.5) is 5.82 Å². The van der Waals surface area contributed by atoms with Gasteiger partial charge in [-0.15, -0.1) is 0 Å². The molecule has 1 heterocycles. The van der Waals surface area contributed by atoms with Crippen molar-refractivity contribution in [1.82, 2.24) is 4.98 Å². The molecule has 0 bridgehead atoms. The first-order chi connectivity index (χ1) is 8.70. The van der Waals surface area contributed by atoms with Gasteiger partial charge >= 0.3 is 5.97 Å². The predicted molar refractivity (Wildman–Crippen MR) is 70.6 cm³/mol. The zero-order chi connectivity index (χ0) is 13.0. The summed E-state index contributed by atoms with van der Waals surface area (Å²) in [5, 5.41) is 0. The van der Waals surface area contributed by atoms with Crippen LogP contribution in [0.15, 0.2) is 52.4 Å². The third-order valence-corrected chi connectivity index (χ3v) is 3.38. The van der Waals surface area contributed by atoms with Gasteiger partial charge in [0, 0.05) is 11.1 Å². The van der Waals surface area contributed by atoms with Gasteiger partial charge in [0.25, 0.3) is 0 Å². The number of nitrogen functional groups attached to an aromatic ring is 1. The summed E-state index contributed by atoms with van der Waals surface area (Å²) < 4.78 is 4.64. The van der Waals surface area contributed by atoms with Gasteiger partial charge in [-0.05, 0) is 36.4 Å². The third-order valence-electron chi connectivity index (χ3n) is 2.30. The molecular formula is C13H12N2O2S. The van der Waals surface area contributed by atoms with E-state index in [1.54, 1.807) is 18.3 Å². The lowest BCUT2D eigenvalue weighted by atomic mass is 10.2. The molecule has 4 nitrogen and oxygen atoms in total. The van der Waals surface area contributed by atoms with Crippen LogP contribution in [-0.2, 0) is 4.74 Å². The first kappa shape index (κ1) is 12.4. The average Bonchev–Trinajstić information content (AvgIpc) is 2.41. The second-order valence-corrected chi connectivity index (χ2v) is 4.62. The number of rotatable bonds is 3. The maximum atomic E-state index is 11.3. The molecule has 2 aromatic rings. The summed E-state index contributed by atoms with van der Waals surface area (Å²) in [4.78, 5) is 17.2. The molecule has 1 aromatic carbocycles. The van der Waals surface area contributed by atoms with Crippen molar-refractivity contribution in [3.63, 3.8) is 0 Å². The Bertz CT molecular complexity index is 555. The Labute approximate surface area is 109 Å². The molecule has 5 heteroatoms. The van der Waals surface area contributed by atoms with E-state index < -0.39 is 0 Å². The van der Waals surface area contributed by atoms with Crippen LogP contribution in [0.1, 0.15) is 10.4 Å². The van der Waals surface area contributed by atoms with Gasteiger partial charge in [-0.1, -0.05) is 11.8 Å². The zero-order valence-electron chi connectivity index (χ0n) is 9.79. The lowest BCUT2D eigenvalue weighted by Crippen LogP contribution is -2.00. The number of benzene rings is 1. The Hall–Kier alpha value is -2.01. The molecule has 0 saturated carbocycles. The lowest BCUT2D eigenvalue weighted by molar-refractivity contribution is 0.0600. The first-order valence-electron chi connectivity index (χ1n) is 5.27. The van der Waals surface area contributed by atoms with E-state index in [1.165, 1.54) is 18.9 Å². The molecule has 0 saturated heterocycles. The Balaban J connectivity index is 2.16. The fraction of sp³-hybridized carbons (Fsp3) is 0.0769. The summed E-state index contributed by atoms with van der Waals surface area (Å²) in [6.45, 7) is 0. The largest absolute Gasteiger partial charge is 0.465 e. The monoisotopic (exact) mass is 260 g/mol. The van der Waals surface area contributed by atoms with Crippen molar-refractivity contribution in [2.24, 2.45) is 0 Å². The van der Waals surface area contributed by atoms with Crippen molar-refractivity contribution in [1.29, 1.82) is 0 Å². The van der Waals surface area contributed by atoms with Gasteiger partial charge in [-0.3, -0.25) is 0 Å². The Kier molecular flexibility index (Phi) is 3.84. The minimum Gasteiger partial charge on any atom is -0.465 e. The van der Waals surface area contributed by atoms with Crippen molar-refractivity contribution < 1.29 is 9.53 Å². The maximum absolute atomic E-state index is 11.3. The van der Waals surface area contributed by atoms with Crippen LogP contribution in [0.25, 0.3) is 0 Å². The molecule has 0 fully saturated rings. The normalized spacial score (nSPS) is 10.1. The van der Waals surface area contributed by atoms with E-state index >= 15 is 0 Å². The van der Waals surface area contributed by atoms with E-state index in [0.717, 1.165) is 9.79 Å². The second kappa shape index (κ2) is 5.55. The number of hydrogen-bond acceptors (Lipinski definition) is 5. The third kappa shape index (κ3) is 2.81. The number of nitrogens with zero attached hydrogens (tertiary/aromatic N) is 1. The summed E-state index contributed by atoms with van der Waals surface area (Å²) in [6, 6.07) is 10.9. The molecule has 0 aliphatic carbocycles. The molecule has 0 amide bonds. The summed E-state index contributed by atoms with van der Waals surface area (Å²) in [7, 11) is 1.36. The molecule has 2 N–H and O–H groups in total. The highest BCUT2D eigenvalue weighted by Crippen LogP contribution is 2.30. The van der Waals surface area contributed by atoms with Crippen LogP contribution in [0.2, 0.25) is 0 Å². The van der Waals surface area contributed by atoms with Crippen LogP contribution < -0.4 is 5.73 Å². The van der Waals surface area contributed by atoms with E-state index in [9.17, 15) is 4.79 Å². The SMILES string of the molecule is COC(=O)c1ccc(Sc2cccnc2N)cc1. The van der Waals surface area contributed by atoms with Crippen molar-refractivity contribution >= 4 is 23.5 Å². The Morgan fingerprint density at radius 1 is 1.28 bits per heavy atom. The molecule has 0 radical (unpaired) electrons. The Morgan fingerprint density at radius 3 is 2.61 bits per heavy atom. The van der Waals surface area contributed by atoms with Gasteiger partial charge in [-0.25, -0.2) is 9.78 Å². The van der Waals surface area contributed by atoms with Gasteiger partial charge in [0.15, 0.2) is 0 Å². The highest BCUT2D eigenvalue weighted by molar-refractivity contribution is 7.99. The van der Waals surface area contributed by atoms with E-state index in [4.69, 9.17) is 5.73 Å². The summed E-state index contributed by atoms with van der Waals surface area (Å²) >= 11 is 1.50. The highest BCUT2D eigenvalue weighted by Gasteiger charge is 2.06. The quantitative estimate of drug-likeness (QED) is 0.859. The summed E-state index contributed by atoms with van der Waals surface area (Å²) in [5.41, 5.74) is 6.29. The number of esters is 1. The van der Waals surface area contributed by atoms with Gasteiger partial charge < -0.3 is 10.5 Å². The lowest BCUT2D eigenvalue weighted by Gasteiger charge is -2.04. The smallest absolute Gasteiger partial charge is 0.337 e. The van der Waals surface area contributed by atoms with Gasteiger partial charge in [0.1, 0.15) is 5.82 Å². The number of pyridine rings is 1. The molecule has 2 rings (SSSR count).